The fraction of sp³-hybridized carbons (Fsp3) is 0.423. The molecule has 0 saturated carbocycles. The van der Waals surface area contributed by atoms with Crippen LogP contribution in [0.5, 0.6) is 5.75 Å². The van der Waals surface area contributed by atoms with Gasteiger partial charge >= 0.3 is 0 Å². The number of rotatable bonds is 9. The first-order valence-corrected chi connectivity index (χ1v) is 11.4. The second-order valence-corrected chi connectivity index (χ2v) is 8.73. The van der Waals surface area contributed by atoms with E-state index in [1.807, 2.05) is 18.4 Å². The van der Waals surface area contributed by atoms with Crippen molar-refractivity contribution in [2.75, 3.05) is 44.1 Å². The Morgan fingerprint density at radius 3 is 2.41 bits per heavy atom. The van der Waals surface area contributed by atoms with Crippen molar-refractivity contribution in [1.29, 1.82) is 0 Å². The molecule has 1 aliphatic heterocycles. The Morgan fingerprint density at radius 2 is 1.69 bits per heavy atom. The Kier molecular flexibility index (Phi) is 7.32. The minimum atomic E-state index is 0.662. The van der Waals surface area contributed by atoms with E-state index in [0.29, 0.717) is 19.1 Å². The van der Waals surface area contributed by atoms with Crippen LogP contribution < -0.4 is 14.5 Å². The first-order valence-electron chi connectivity index (χ1n) is 11.4. The Labute approximate surface area is 191 Å². The van der Waals surface area contributed by atoms with Gasteiger partial charge in [-0.2, -0.15) is 4.98 Å². The van der Waals surface area contributed by atoms with Crippen LogP contribution in [0.15, 0.2) is 59.2 Å². The quantitative estimate of drug-likeness (QED) is 0.475. The van der Waals surface area contributed by atoms with Crippen molar-refractivity contribution in [2.45, 2.75) is 38.9 Å². The van der Waals surface area contributed by atoms with Crippen molar-refractivity contribution in [3.05, 3.63) is 71.6 Å². The zero-order valence-electron chi connectivity index (χ0n) is 19.5. The number of aromatic nitrogens is 1. The summed E-state index contributed by atoms with van der Waals surface area (Å²) in [6, 6.07) is 17.4. The monoisotopic (exact) mass is 434 g/mol. The fourth-order valence-electron chi connectivity index (χ4n) is 4.20. The van der Waals surface area contributed by atoms with Crippen molar-refractivity contribution in [2.24, 2.45) is 0 Å². The van der Waals surface area contributed by atoms with Crippen molar-refractivity contribution >= 4 is 11.7 Å². The molecule has 0 aliphatic carbocycles. The molecule has 32 heavy (non-hydrogen) atoms. The van der Waals surface area contributed by atoms with E-state index >= 15 is 0 Å². The largest absolute Gasteiger partial charge is 0.497 e. The van der Waals surface area contributed by atoms with E-state index in [1.165, 1.54) is 30.5 Å². The molecule has 0 unspecified atom stereocenters. The van der Waals surface area contributed by atoms with Crippen LogP contribution >= 0.6 is 0 Å². The van der Waals surface area contributed by atoms with Crippen LogP contribution in [-0.4, -0.2) is 44.2 Å². The summed E-state index contributed by atoms with van der Waals surface area (Å²) >= 11 is 0. The summed E-state index contributed by atoms with van der Waals surface area (Å²) in [5.41, 5.74) is 4.56. The van der Waals surface area contributed by atoms with Crippen molar-refractivity contribution in [3.8, 4) is 5.75 Å². The Balaban J connectivity index is 1.56. The van der Waals surface area contributed by atoms with Crippen LogP contribution in [0, 0.1) is 0 Å². The summed E-state index contributed by atoms with van der Waals surface area (Å²) in [6.45, 7) is 4.54. The highest BCUT2D eigenvalue weighted by atomic mass is 16.5. The predicted molar refractivity (Wildman–Crippen MR) is 129 cm³/mol. The van der Waals surface area contributed by atoms with Gasteiger partial charge in [0, 0.05) is 39.4 Å². The van der Waals surface area contributed by atoms with Gasteiger partial charge in [-0.05, 0) is 61.3 Å². The van der Waals surface area contributed by atoms with Crippen LogP contribution in [0.3, 0.4) is 0 Å². The second kappa shape index (κ2) is 10.6. The minimum Gasteiger partial charge on any atom is -0.497 e. The molecular formula is C26H34N4O2. The molecule has 1 saturated heterocycles. The van der Waals surface area contributed by atoms with E-state index < -0.39 is 0 Å². The molecule has 6 nitrogen and oxygen atoms in total. The molecule has 0 N–H and O–H groups in total. The van der Waals surface area contributed by atoms with Gasteiger partial charge in [-0.3, -0.25) is 4.90 Å². The topological polar surface area (TPSA) is 45.0 Å². The number of benzene rings is 2. The van der Waals surface area contributed by atoms with Gasteiger partial charge in [0.15, 0.2) is 0 Å². The van der Waals surface area contributed by atoms with Gasteiger partial charge in [-0.25, -0.2) is 0 Å². The van der Waals surface area contributed by atoms with Crippen LogP contribution in [0.2, 0.25) is 0 Å². The summed E-state index contributed by atoms with van der Waals surface area (Å²) in [4.78, 5) is 11.7. The summed E-state index contributed by atoms with van der Waals surface area (Å²) in [6.07, 6.45) is 5.70. The molecule has 0 atom stereocenters. The van der Waals surface area contributed by atoms with Crippen molar-refractivity contribution in [1.82, 2.24) is 9.88 Å². The summed E-state index contributed by atoms with van der Waals surface area (Å²) in [5.74, 6) is 0.857. The number of oxazole rings is 1. The fourth-order valence-corrected chi connectivity index (χ4v) is 4.20. The molecule has 6 heteroatoms. The lowest BCUT2D eigenvalue weighted by Crippen LogP contribution is -2.29. The van der Waals surface area contributed by atoms with E-state index in [9.17, 15) is 0 Å². The van der Waals surface area contributed by atoms with Gasteiger partial charge in [0.2, 0.25) is 0 Å². The highest BCUT2D eigenvalue weighted by Gasteiger charge is 2.18. The maximum Gasteiger partial charge on any atom is 0.298 e. The zero-order valence-corrected chi connectivity index (χ0v) is 19.5. The van der Waals surface area contributed by atoms with E-state index in [2.05, 4.69) is 65.2 Å². The van der Waals surface area contributed by atoms with Gasteiger partial charge in [-0.1, -0.05) is 30.7 Å². The Morgan fingerprint density at radius 1 is 0.969 bits per heavy atom. The Hall–Kier alpha value is -2.99. The number of ether oxygens (including phenoxy) is 1. The van der Waals surface area contributed by atoms with E-state index in [0.717, 1.165) is 36.6 Å². The molecule has 1 aliphatic rings. The standard InChI is InChI=1S/C26H34N4O2/c1-28(2)24-11-7-9-21(15-24)17-30(18-22-10-8-12-25(16-22)31-3)26-27-23(20-32-26)19-29-13-5-4-6-14-29/h7-12,15-16,20H,4-6,13-14,17-19H2,1-3H3. The van der Waals surface area contributed by atoms with Crippen molar-refractivity contribution in [3.63, 3.8) is 0 Å². The van der Waals surface area contributed by atoms with Gasteiger partial charge in [0.25, 0.3) is 6.01 Å². The lowest BCUT2D eigenvalue weighted by molar-refractivity contribution is 0.218. The van der Waals surface area contributed by atoms with Gasteiger partial charge < -0.3 is 19.0 Å². The predicted octanol–water partition coefficient (Wildman–Crippen LogP) is 4.94. The van der Waals surface area contributed by atoms with E-state index in [4.69, 9.17) is 14.1 Å². The molecule has 3 aromatic rings. The number of anilines is 2. The summed E-state index contributed by atoms with van der Waals surface area (Å²) < 4.78 is 11.4. The number of methoxy groups -OCH3 is 1. The first-order chi connectivity index (χ1) is 15.6. The molecule has 0 bridgehead atoms. The average molecular weight is 435 g/mol. The Bertz CT molecular complexity index is 995. The molecule has 1 fully saturated rings. The van der Waals surface area contributed by atoms with Gasteiger partial charge in [0.1, 0.15) is 12.0 Å². The number of likely N-dealkylation sites (tertiary alicyclic amines) is 1. The summed E-state index contributed by atoms with van der Waals surface area (Å²) in [7, 11) is 5.83. The van der Waals surface area contributed by atoms with E-state index in [-0.39, 0.29) is 0 Å². The summed E-state index contributed by atoms with van der Waals surface area (Å²) in [5, 5.41) is 0. The minimum absolute atomic E-state index is 0.662. The third kappa shape index (κ3) is 5.82. The second-order valence-electron chi connectivity index (χ2n) is 8.73. The molecule has 170 valence electrons. The highest BCUT2D eigenvalue weighted by molar-refractivity contribution is 5.48. The third-order valence-corrected chi connectivity index (χ3v) is 5.95. The molecule has 0 radical (unpaired) electrons. The number of hydrogen-bond donors (Lipinski definition) is 0. The normalized spacial score (nSPS) is 14.3. The van der Waals surface area contributed by atoms with E-state index in [1.54, 1.807) is 7.11 Å². The van der Waals surface area contributed by atoms with Gasteiger partial charge in [0.05, 0.1) is 12.8 Å². The lowest BCUT2D eigenvalue weighted by atomic mass is 10.1. The maximum absolute atomic E-state index is 5.99. The average Bonchev–Trinajstić information content (AvgIpc) is 3.28. The smallest absolute Gasteiger partial charge is 0.298 e. The van der Waals surface area contributed by atoms with Gasteiger partial charge in [-0.15, -0.1) is 0 Å². The number of nitrogens with zero attached hydrogens (tertiary/aromatic N) is 4. The van der Waals surface area contributed by atoms with Crippen LogP contribution in [0.1, 0.15) is 36.1 Å². The molecule has 0 spiro atoms. The molecular weight excluding hydrogens is 400 g/mol. The highest BCUT2D eigenvalue weighted by Crippen LogP contribution is 2.24. The lowest BCUT2D eigenvalue weighted by Gasteiger charge is -2.25. The zero-order chi connectivity index (χ0) is 22.3. The molecule has 2 aromatic carbocycles. The molecule has 4 rings (SSSR count). The molecule has 2 heterocycles. The van der Waals surface area contributed by atoms with Crippen LogP contribution in [0.4, 0.5) is 11.7 Å². The van der Waals surface area contributed by atoms with Crippen LogP contribution in [0.25, 0.3) is 0 Å². The maximum atomic E-state index is 5.99. The number of hydrogen-bond acceptors (Lipinski definition) is 6. The SMILES string of the molecule is COc1cccc(CN(Cc2cccc(N(C)C)c2)c2nc(CN3CCCCC3)co2)c1. The number of piperidine rings is 1. The van der Waals surface area contributed by atoms with Crippen molar-refractivity contribution < 1.29 is 9.15 Å². The third-order valence-electron chi connectivity index (χ3n) is 5.95. The first kappa shape index (κ1) is 22.2. The molecule has 1 aromatic heterocycles. The van der Waals surface area contributed by atoms with Crippen LogP contribution in [-0.2, 0) is 19.6 Å². The molecule has 0 amide bonds.